The second-order valence-corrected chi connectivity index (χ2v) is 7.69. The van der Waals surface area contributed by atoms with E-state index in [0.717, 1.165) is 12.5 Å². The fourth-order valence-corrected chi connectivity index (χ4v) is 3.24. The van der Waals surface area contributed by atoms with Crippen LogP contribution in [0.3, 0.4) is 0 Å². The third-order valence-electron chi connectivity index (χ3n) is 5.29. The molecule has 1 aliphatic rings. The number of hydrogen-bond donors (Lipinski definition) is 2. The molecule has 0 unspecified atom stereocenters. The predicted molar refractivity (Wildman–Crippen MR) is 112 cm³/mol. The summed E-state index contributed by atoms with van der Waals surface area (Å²) in [6, 6.07) is 9.70. The molecule has 34 heavy (non-hydrogen) atoms. The first-order valence-electron chi connectivity index (χ1n) is 10.2. The Hall–Kier alpha value is -4.02. The second kappa shape index (κ2) is 9.08. The molecule has 1 aliphatic carbocycles. The number of rotatable bonds is 8. The van der Waals surface area contributed by atoms with Crippen LogP contribution in [-0.2, 0) is 17.5 Å². The molecule has 2 N–H and O–H groups in total. The lowest BCUT2D eigenvalue weighted by Gasteiger charge is -2.17. The monoisotopic (exact) mass is 475 g/mol. The molecule has 4 rings (SSSR count). The normalized spacial score (nSPS) is 14.2. The van der Waals surface area contributed by atoms with Crippen molar-refractivity contribution in [2.75, 3.05) is 7.11 Å². The van der Waals surface area contributed by atoms with E-state index in [1.165, 1.54) is 37.6 Å². The summed E-state index contributed by atoms with van der Waals surface area (Å²) in [5, 5.41) is 5.42. The molecular formula is C23H20F3N3O5. The van der Waals surface area contributed by atoms with Crippen LogP contribution in [-0.4, -0.2) is 29.4 Å². The number of halogens is 3. The van der Waals surface area contributed by atoms with E-state index in [0.29, 0.717) is 18.4 Å². The first-order chi connectivity index (χ1) is 16.2. The molecular weight excluding hydrogens is 455 g/mol. The Balaban J connectivity index is 1.36. The average molecular weight is 475 g/mol. The molecule has 1 saturated carbocycles. The Morgan fingerprint density at radius 2 is 1.82 bits per heavy atom. The molecule has 2 amide bonds. The van der Waals surface area contributed by atoms with Crippen molar-refractivity contribution in [2.24, 2.45) is 0 Å². The smallest absolute Gasteiger partial charge is 0.420 e. The van der Waals surface area contributed by atoms with Crippen molar-refractivity contribution < 1.29 is 36.7 Å². The molecule has 1 heterocycles. The van der Waals surface area contributed by atoms with E-state index in [1.807, 2.05) is 0 Å². The fraction of sp³-hybridized carbons (Fsp3) is 0.261. The highest BCUT2D eigenvalue weighted by Gasteiger charge is 2.51. The molecule has 0 aliphatic heterocycles. The number of nitrogens with zero attached hydrogens (tertiary/aromatic N) is 1. The van der Waals surface area contributed by atoms with Crippen molar-refractivity contribution in [3.63, 3.8) is 0 Å². The van der Waals surface area contributed by atoms with Gasteiger partial charge in [-0.1, -0.05) is 12.1 Å². The SMILES string of the molecule is COc1ccc(Oc2ccc(CNC(=O)C3(NC(=O)c4cnco4)CC3)cc2)c(C(F)(F)F)c1. The van der Waals surface area contributed by atoms with Crippen LogP contribution < -0.4 is 20.1 Å². The minimum Gasteiger partial charge on any atom is -0.497 e. The van der Waals surface area contributed by atoms with Crippen molar-refractivity contribution in [3.05, 3.63) is 71.9 Å². The fourth-order valence-electron chi connectivity index (χ4n) is 3.24. The lowest BCUT2D eigenvalue weighted by Crippen LogP contribution is -2.48. The van der Waals surface area contributed by atoms with Gasteiger partial charge in [0.2, 0.25) is 11.7 Å². The van der Waals surface area contributed by atoms with E-state index >= 15 is 0 Å². The predicted octanol–water partition coefficient (Wildman–Crippen LogP) is 4.07. The maximum absolute atomic E-state index is 13.4. The van der Waals surface area contributed by atoms with E-state index in [2.05, 4.69) is 15.6 Å². The van der Waals surface area contributed by atoms with Gasteiger partial charge in [0.1, 0.15) is 28.4 Å². The Labute approximate surface area is 192 Å². The second-order valence-electron chi connectivity index (χ2n) is 7.69. The van der Waals surface area contributed by atoms with Gasteiger partial charge in [0, 0.05) is 6.54 Å². The van der Waals surface area contributed by atoms with E-state index in [1.54, 1.807) is 12.1 Å². The number of carbonyl (C=O) groups is 2. The van der Waals surface area contributed by atoms with Gasteiger partial charge >= 0.3 is 6.18 Å². The number of hydrogen-bond acceptors (Lipinski definition) is 6. The topological polar surface area (TPSA) is 103 Å². The summed E-state index contributed by atoms with van der Waals surface area (Å²) in [5.41, 5.74) is -1.25. The summed E-state index contributed by atoms with van der Waals surface area (Å²) >= 11 is 0. The van der Waals surface area contributed by atoms with E-state index < -0.39 is 23.2 Å². The third-order valence-corrected chi connectivity index (χ3v) is 5.29. The molecule has 0 radical (unpaired) electrons. The number of ether oxygens (including phenoxy) is 2. The summed E-state index contributed by atoms with van der Waals surface area (Å²) in [7, 11) is 1.28. The number of benzene rings is 2. The van der Waals surface area contributed by atoms with E-state index in [9.17, 15) is 22.8 Å². The van der Waals surface area contributed by atoms with Crippen LogP contribution in [0.5, 0.6) is 17.2 Å². The molecule has 2 aromatic carbocycles. The molecule has 178 valence electrons. The molecule has 0 spiro atoms. The zero-order valence-corrected chi connectivity index (χ0v) is 17.9. The summed E-state index contributed by atoms with van der Waals surface area (Å²) in [6.07, 6.45) is -1.24. The van der Waals surface area contributed by atoms with Crippen LogP contribution in [0, 0.1) is 0 Å². The zero-order chi connectivity index (χ0) is 24.3. The third kappa shape index (κ3) is 5.13. The molecule has 1 fully saturated rings. The minimum absolute atomic E-state index is 0.0141. The van der Waals surface area contributed by atoms with Gasteiger partial charge in [0.05, 0.1) is 13.3 Å². The maximum Gasteiger partial charge on any atom is 0.420 e. The first-order valence-corrected chi connectivity index (χ1v) is 10.2. The van der Waals surface area contributed by atoms with Gasteiger partial charge in [-0.25, -0.2) is 4.98 Å². The summed E-state index contributed by atoms with van der Waals surface area (Å²) in [6.45, 7) is 0.162. The number of nitrogens with one attached hydrogen (secondary N) is 2. The van der Waals surface area contributed by atoms with Gasteiger partial charge in [0.15, 0.2) is 6.39 Å². The zero-order valence-electron chi connectivity index (χ0n) is 17.9. The van der Waals surface area contributed by atoms with Crippen molar-refractivity contribution in [1.29, 1.82) is 0 Å². The molecule has 0 bridgehead atoms. The van der Waals surface area contributed by atoms with Gasteiger partial charge < -0.3 is 24.5 Å². The van der Waals surface area contributed by atoms with Crippen molar-refractivity contribution >= 4 is 11.8 Å². The summed E-state index contributed by atoms with van der Waals surface area (Å²) in [5.74, 6) is -0.940. The number of amides is 2. The van der Waals surface area contributed by atoms with Gasteiger partial charge in [-0.15, -0.1) is 0 Å². The number of oxazole rings is 1. The number of methoxy groups -OCH3 is 1. The highest BCUT2D eigenvalue weighted by Crippen LogP contribution is 2.40. The maximum atomic E-state index is 13.4. The first kappa shape index (κ1) is 23.1. The Morgan fingerprint density at radius 1 is 1.12 bits per heavy atom. The van der Waals surface area contributed by atoms with Crippen LogP contribution in [0.25, 0.3) is 0 Å². The molecule has 8 nitrogen and oxygen atoms in total. The average Bonchev–Trinajstić information content (AvgIpc) is 3.38. The largest absolute Gasteiger partial charge is 0.497 e. The highest BCUT2D eigenvalue weighted by molar-refractivity contribution is 5.99. The molecule has 11 heteroatoms. The van der Waals surface area contributed by atoms with Crippen LogP contribution in [0.15, 0.2) is 59.5 Å². The highest BCUT2D eigenvalue weighted by atomic mass is 19.4. The molecule has 0 saturated heterocycles. The number of alkyl halides is 3. The Bertz CT molecular complexity index is 1170. The standard InChI is InChI=1S/C23H20F3N3O5/c1-32-16-6-7-18(17(10-16)23(24,25)26)34-15-4-2-14(3-5-15)11-28-21(31)22(8-9-22)29-20(30)19-12-27-13-33-19/h2-7,10,12-13H,8-9,11H2,1H3,(H,28,31)(H,29,30). The Morgan fingerprint density at radius 3 is 2.41 bits per heavy atom. The van der Waals surface area contributed by atoms with Gasteiger partial charge in [-0.3, -0.25) is 9.59 Å². The van der Waals surface area contributed by atoms with Crippen LogP contribution in [0.2, 0.25) is 0 Å². The lowest BCUT2D eigenvalue weighted by molar-refractivity contribution is -0.138. The summed E-state index contributed by atoms with van der Waals surface area (Å²) in [4.78, 5) is 28.4. The van der Waals surface area contributed by atoms with Gasteiger partial charge in [-0.2, -0.15) is 13.2 Å². The van der Waals surface area contributed by atoms with E-state index in [4.69, 9.17) is 13.9 Å². The quantitative estimate of drug-likeness (QED) is 0.509. The minimum atomic E-state index is -4.62. The van der Waals surface area contributed by atoms with Crippen LogP contribution >= 0.6 is 0 Å². The summed E-state index contributed by atoms with van der Waals surface area (Å²) < 4.78 is 55.3. The molecule has 0 atom stereocenters. The van der Waals surface area contributed by atoms with Crippen molar-refractivity contribution in [3.8, 4) is 17.2 Å². The van der Waals surface area contributed by atoms with Crippen LogP contribution in [0.4, 0.5) is 13.2 Å². The Kier molecular flexibility index (Phi) is 6.18. The number of carbonyl (C=O) groups excluding carboxylic acids is 2. The van der Waals surface area contributed by atoms with Crippen molar-refractivity contribution in [2.45, 2.75) is 31.1 Å². The number of aromatic nitrogens is 1. The lowest BCUT2D eigenvalue weighted by atomic mass is 10.1. The van der Waals surface area contributed by atoms with E-state index in [-0.39, 0.29) is 35.5 Å². The van der Waals surface area contributed by atoms with Gasteiger partial charge in [-0.05, 0) is 48.7 Å². The van der Waals surface area contributed by atoms with Crippen molar-refractivity contribution in [1.82, 2.24) is 15.6 Å². The van der Waals surface area contributed by atoms with Gasteiger partial charge in [0.25, 0.3) is 5.91 Å². The molecule has 3 aromatic rings. The van der Waals surface area contributed by atoms with Crippen LogP contribution in [0.1, 0.15) is 34.5 Å². The molecule has 1 aromatic heterocycles.